The fourth-order valence-electron chi connectivity index (χ4n) is 3.05. The van der Waals surface area contributed by atoms with Crippen LogP contribution in [0, 0.1) is 11.8 Å². The van der Waals surface area contributed by atoms with E-state index in [-0.39, 0.29) is 11.4 Å². The highest BCUT2D eigenvalue weighted by Gasteiger charge is 2.41. The van der Waals surface area contributed by atoms with Crippen molar-refractivity contribution in [1.29, 1.82) is 0 Å². The molecule has 0 heterocycles. The van der Waals surface area contributed by atoms with Gasteiger partial charge in [-0.15, -0.1) is 0 Å². The average molecular weight is 371 g/mol. The van der Waals surface area contributed by atoms with Crippen molar-refractivity contribution in [3.63, 3.8) is 0 Å². The first kappa shape index (κ1) is 20.7. The molecule has 1 aliphatic rings. The number of hydrogen-bond acceptors (Lipinski definition) is 4. The van der Waals surface area contributed by atoms with Crippen LogP contribution in [0.1, 0.15) is 38.7 Å². The number of aliphatic imine (C=N–C) groups is 1. The van der Waals surface area contributed by atoms with Gasteiger partial charge in [-0.1, -0.05) is 54.9 Å². The second-order valence-corrected chi connectivity index (χ2v) is 6.60. The largest absolute Gasteiger partial charge is 0.478 e. The van der Waals surface area contributed by atoms with Crippen LogP contribution < -0.4 is 5.32 Å². The zero-order chi connectivity index (χ0) is 19.6. The van der Waals surface area contributed by atoms with Crippen molar-refractivity contribution < 1.29 is 14.7 Å². The number of hydrogen-bond donors (Lipinski definition) is 2. The highest BCUT2D eigenvalue weighted by atomic mass is 16.6. The van der Waals surface area contributed by atoms with Gasteiger partial charge in [0.15, 0.2) is 5.84 Å². The van der Waals surface area contributed by atoms with E-state index in [1.165, 1.54) is 18.7 Å². The normalized spacial score (nSPS) is 20.3. The molecule has 6 nitrogen and oxygen atoms in total. The van der Waals surface area contributed by atoms with Gasteiger partial charge >= 0.3 is 5.97 Å². The van der Waals surface area contributed by atoms with Crippen molar-refractivity contribution >= 4 is 17.5 Å². The molecule has 2 rings (SSSR count). The fraction of sp³-hybridized carbons (Fsp3) is 0.476. The summed E-state index contributed by atoms with van der Waals surface area (Å²) in [6.07, 6.45) is 4.75. The Morgan fingerprint density at radius 2 is 2.11 bits per heavy atom. The average Bonchev–Trinajstić information content (AvgIpc) is 3.43. The first-order valence-electron chi connectivity index (χ1n) is 9.47. The number of allylic oxidation sites excluding steroid dienone is 1. The lowest BCUT2D eigenvalue weighted by Crippen LogP contribution is -2.31. The number of rotatable bonds is 10. The van der Waals surface area contributed by atoms with Gasteiger partial charge in [0.1, 0.15) is 12.7 Å². The van der Waals surface area contributed by atoms with Crippen molar-refractivity contribution in [3.8, 4) is 0 Å². The molecule has 1 aromatic carbocycles. The molecule has 2 unspecified atom stereocenters. The Bertz CT molecular complexity index is 711. The molecular weight excluding hydrogens is 342 g/mol. The highest BCUT2D eigenvalue weighted by molar-refractivity contribution is 6.18. The summed E-state index contributed by atoms with van der Waals surface area (Å²) in [5, 5.41) is 16.3. The monoisotopic (exact) mass is 371 g/mol. The zero-order valence-corrected chi connectivity index (χ0v) is 16.3. The quantitative estimate of drug-likeness (QED) is 0.217. The predicted molar refractivity (Wildman–Crippen MR) is 108 cm³/mol. The molecule has 1 aliphatic carbocycles. The van der Waals surface area contributed by atoms with E-state index in [0.29, 0.717) is 18.4 Å². The number of nitrogens with one attached hydrogen (secondary N) is 1. The molecule has 27 heavy (non-hydrogen) atoms. The van der Waals surface area contributed by atoms with Gasteiger partial charge in [0.25, 0.3) is 0 Å². The molecule has 6 heteroatoms. The Labute approximate surface area is 161 Å². The maximum Gasteiger partial charge on any atom is 0.339 e. The zero-order valence-electron chi connectivity index (χ0n) is 16.3. The van der Waals surface area contributed by atoms with Gasteiger partial charge in [-0.05, 0) is 31.2 Å². The summed E-state index contributed by atoms with van der Waals surface area (Å²) < 4.78 is 0. The van der Waals surface area contributed by atoms with Crippen molar-refractivity contribution in [2.75, 3.05) is 20.2 Å². The second-order valence-electron chi connectivity index (χ2n) is 6.60. The Kier molecular flexibility index (Phi) is 8.04. The van der Waals surface area contributed by atoms with Gasteiger partial charge in [0.2, 0.25) is 0 Å². The summed E-state index contributed by atoms with van der Waals surface area (Å²) in [6.45, 7) is 5.32. The third-order valence-corrected chi connectivity index (χ3v) is 4.63. The Hall–Kier alpha value is -2.63. The van der Waals surface area contributed by atoms with Gasteiger partial charge in [0, 0.05) is 24.7 Å². The first-order valence-corrected chi connectivity index (χ1v) is 9.47. The van der Waals surface area contributed by atoms with E-state index < -0.39 is 5.97 Å². The second kappa shape index (κ2) is 10.5. The van der Waals surface area contributed by atoms with Crippen molar-refractivity contribution in [2.45, 2.75) is 33.1 Å². The lowest BCUT2D eigenvalue weighted by molar-refractivity contribution is -0.132. The molecule has 0 aliphatic heterocycles. The summed E-state index contributed by atoms with van der Waals surface area (Å²) >= 11 is 0. The van der Waals surface area contributed by atoms with Crippen LogP contribution in [-0.4, -0.2) is 42.8 Å². The molecule has 1 aromatic rings. The molecule has 2 N–H and O–H groups in total. The van der Waals surface area contributed by atoms with E-state index in [1.54, 1.807) is 6.92 Å². The number of oxime groups is 1. The van der Waals surface area contributed by atoms with Gasteiger partial charge in [-0.3, -0.25) is 4.99 Å². The van der Waals surface area contributed by atoms with Gasteiger partial charge in [-0.2, -0.15) is 0 Å². The molecule has 0 radical (unpaired) electrons. The summed E-state index contributed by atoms with van der Waals surface area (Å²) in [4.78, 5) is 21.0. The minimum absolute atomic E-state index is 0.106. The predicted octanol–water partition coefficient (Wildman–Crippen LogP) is 3.49. The van der Waals surface area contributed by atoms with Gasteiger partial charge in [-0.25, -0.2) is 4.79 Å². The molecule has 0 aromatic heterocycles. The lowest BCUT2D eigenvalue weighted by atomic mass is 10.0. The molecule has 0 spiro atoms. The van der Waals surface area contributed by atoms with Crippen LogP contribution in [0.25, 0.3) is 0 Å². The minimum atomic E-state index is -1.03. The molecule has 0 bridgehead atoms. The number of unbranched alkanes of at least 4 members (excludes halogenated alkanes) is 1. The number of benzene rings is 1. The lowest BCUT2D eigenvalue weighted by Gasteiger charge is -2.11. The van der Waals surface area contributed by atoms with Crippen LogP contribution in [-0.2, 0) is 9.63 Å². The van der Waals surface area contributed by atoms with Gasteiger partial charge < -0.3 is 15.3 Å². The molecular formula is C21H29N3O3. The van der Waals surface area contributed by atoms with E-state index in [9.17, 15) is 9.90 Å². The maximum atomic E-state index is 11.3. The molecule has 146 valence electrons. The summed E-state index contributed by atoms with van der Waals surface area (Å²) in [6, 6.07) is 10.3. The van der Waals surface area contributed by atoms with Crippen molar-refractivity contribution in [2.24, 2.45) is 22.0 Å². The molecule has 0 saturated heterocycles. The van der Waals surface area contributed by atoms with Crippen LogP contribution in [0.2, 0.25) is 0 Å². The van der Waals surface area contributed by atoms with E-state index >= 15 is 0 Å². The first-order chi connectivity index (χ1) is 13.1. The van der Waals surface area contributed by atoms with Crippen LogP contribution >= 0.6 is 0 Å². The number of nitrogens with zero attached hydrogens (tertiary/aromatic N) is 2. The third kappa shape index (κ3) is 5.94. The highest BCUT2D eigenvalue weighted by Crippen LogP contribution is 2.41. The number of carboxylic acids is 1. The van der Waals surface area contributed by atoms with E-state index in [1.807, 2.05) is 18.2 Å². The smallest absolute Gasteiger partial charge is 0.339 e. The SMILES string of the molecule is C/C=C(C(=O)O)/C(=N\OC)NCC1CC1/C(=N\CCCC)c1ccccc1. The standard InChI is InChI=1S/C21H29N3O3/c1-4-6-12-22-19(15-10-8-7-9-11-15)18-13-16(18)14-23-20(24-27-3)17(5-2)21(25)26/h5,7-11,16,18H,4,6,12-14H2,1-3H3,(H,23,24)(H,25,26)/b17-5-,22-19-. The van der Waals surface area contributed by atoms with E-state index in [0.717, 1.165) is 31.5 Å². The number of amidine groups is 1. The number of carboxylic acid groups (broad SMARTS) is 1. The summed E-state index contributed by atoms with van der Waals surface area (Å²) in [5.41, 5.74) is 2.44. The topological polar surface area (TPSA) is 83.3 Å². The van der Waals surface area contributed by atoms with Crippen LogP contribution in [0.3, 0.4) is 0 Å². The fourth-order valence-corrected chi connectivity index (χ4v) is 3.05. The van der Waals surface area contributed by atoms with Crippen LogP contribution in [0.4, 0.5) is 0 Å². The molecule has 1 fully saturated rings. The maximum absolute atomic E-state index is 11.3. The molecule has 0 amide bonds. The van der Waals surface area contributed by atoms with E-state index in [4.69, 9.17) is 9.83 Å². The van der Waals surface area contributed by atoms with Crippen molar-refractivity contribution in [1.82, 2.24) is 5.32 Å². The molecule has 1 saturated carbocycles. The number of aliphatic carboxylic acids is 1. The van der Waals surface area contributed by atoms with Crippen LogP contribution in [0.15, 0.2) is 52.1 Å². The summed E-state index contributed by atoms with van der Waals surface area (Å²) in [5.74, 6) is 0.0144. The Balaban J connectivity index is 2.04. The number of carbonyl (C=O) groups is 1. The van der Waals surface area contributed by atoms with Crippen molar-refractivity contribution in [3.05, 3.63) is 47.5 Å². The third-order valence-electron chi connectivity index (χ3n) is 4.63. The van der Waals surface area contributed by atoms with Crippen LogP contribution in [0.5, 0.6) is 0 Å². The van der Waals surface area contributed by atoms with E-state index in [2.05, 4.69) is 29.5 Å². The minimum Gasteiger partial charge on any atom is -0.478 e. The summed E-state index contributed by atoms with van der Waals surface area (Å²) in [7, 11) is 1.41. The van der Waals surface area contributed by atoms with Gasteiger partial charge in [0.05, 0.1) is 0 Å². The molecule has 2 atom stereocenters. The Morgan fingerprint density at radius 1 is 1.37 bits per heavy atom. The Morgan fingerprint density at radius 3 is 2.70 bits per heavy atom.